The van der Waals surface area contributed by atoms with Gasteiger partial charge in [0.1, 0.15) is 5.75 Å². The van der Waals surface area contributed by atoms with E-state index in [9.17, 15) is 0 Å². The minimum absolute atomic E-state index is 0.289. The Morgan fingerprint density at radius 2 is 2.19 bits per heavy atom. The predicted molar refractivity (Wildman–Crippen MR) is 109 cm³/mol. The zero-order valence-corrected chi connectivity index (χ0v) is 16.5. The first-order valence-corrected chi connectivity index (χ1v) is 10.8. The van der Waals surface area contributed by atoms with Gasteiger partial charge in [-0.15, -0.1) is 6.58 Å². The first-order chi connectivity index (χ1) is 12.7. The number of nitrogens with zero attached hydrogens (tertiary/aromatic N) is 1. The highest BCUT2D eigenvalue weighted by Crippen LogP contribution is 2.50. The molecule has 2 heteroatoms. The highest BCUT2D eigenvalue weighted by Gasteiger charge is 2.46. The molecule has 1 aromatic carbocycles. The van der Waals surface area contributed by atoms with E-state index in [1.807, 2.05) is 0 Å². The summed E-state index contributed by atoms with van der Waals surface area (Å²) in [4.78, 5) is 2.78. The third kappa shape index (κ3) is 3.33. The number of rotatable bonds is 7. The van der Waals surface area contributed by atoms with E-state index < -0.39 is 0 Å². The summed E-state index contributed by atoms with van der Waals surface area (Å²) in [5, 5.41) is 0. The van der Waals surface area contributed by atoms with Crippen molar-refractivity contribution in [3.8, 4) is 5.75 Å². The van der Waals surface area contributed by atoms with Gasteiger partial charge in [-0.1, -0.05) is 25.5 Å². The molecule has 1 aromatic rings. The van der Waals surface area contributed by atoms with Gasteiger partial charge in [0.05, 0.1) is 6.61 Å². The van der Waals surface area contributed by atoms with Gasteiger partial charge in [0.25, 0.3) is 0 Å². The summed E-state index contributed by atoms with van der Waals surface area (Å²) in [5.41, 5.74) is 3.42. The van der Waals surface area contributed by atoms with Gasteiger partial charge < -0.3 is 9.64 Å². The molecule has 2 fully saturated rings. The monoisotopic (exact) mass is 353 g/mol. The number of fused-ring (bicyclic) bond motifs is 3. The fourth-order valence-corrected chi connectivity index (χ4v) is 5.58. The lowest BCUT2D eigenvalue weighted by atomic mass is 9.58. The molecule has 0 radical (unpaired) electrons. The quantitative estimate of drug-likeness (QED) is 0.612. The molecule has 1 saturated carbocycles. The Labute approximate surface area is 159 Å². The Balaban J connectivity index is 1.58. The van der Waals surface area contributed by atoms with E-state index in [1.54, 1.807) is 11.1 Å². The largest absolute Gasteiger partial charge is 0.494 e. The van der Waals surface area contributed by atoms with Crippen molar-refractivity contribution in [3.63, 3.8) is 0 Å². The van der Waals surface area contributed by atoms with E-state index in [2.05, 4.69) is 42.7 Å². The lowest BCUT2D eigenvalue weighted by molar-refractivity contribution is 0.0560. The number of aryl methyl sites for hydroxylation is 1. The lowest BCUT2D eigenvalue weighted by Gasteiger charge is -2.52. The molecule has 0 N–H and O–H groups in total. The number of piperidine rings is 1. The van der Waals surface area contributed by atoms with Crippen molar-refractivity contribution >= 4 is 0 Å². The molecule has 0 amide bonds. The van der Waals surface area contributed by atoms with E-state index in [0.717, 1.165) is 37.0 Å². The normalized spacial score (nSPS) is 28.7. The molecular formula is C24H35NO. The van der Waals surface area contributed by atoms with E-state index in [-0.39, 0.29) is 5.41 Å². The second-order valence-electron chi connectivity index (χ2n) is 8.86. The molecule has 4 rings (SSSR count). The number of hydrogen-bond donors (Lipinski definition) is 0. The van der Waals surface area contributed by atoms with Crippen LogP contribution in [0, 0.1) is 11.8 Å². The molecule has 2 unspecified atom stereocenters. The van der Waals surface area contributed by atoms with Gasteiger partial charge in [0.15, 0.2) is 0 Å². The van der Waals surface area contributed by atoms with Gasteiger partial charge in [-0.2, -0.15) is 0 Å². The maximum Gasteiger partial charge on any atom is 0.119 e. The third-order valence-electron chi connectivity index (χ3n) is 7.24. The Kier molecular flexibility index (Phi) is 5.40. The molecule has 2 aliphatic carbocycles. The molecule has 26 heavy (non-hydrogen) atoms. The maximum atomic E-state index is 5.98. The SMILES string of the molecule is C=CCC12CCN(CC3CCC3)CC1CCc1ccc(OCCC)cc12. The van der Waals surface area contributed by atoms with Crippen molar-refractivity contribution in [3.05, 3.63) is 42.0 Å². The molecule has 1 aliphatic heterocycles. The number of allylic oxidation sites excluding steroid dienone is 1. The van der Waals surface area contributed by atoms with Gasteiger partial charge in [-0.25, -0.2) is 0 Å². The van der Waals surface area contributed by atoms with E-state index in [1.165, 1.54) is 58.2 Å². The van der Waals surface area contributed by atoms with Gasteiger partial charge in [0, 0.05) is 18.5 Å². The number of ether oxygens (including phenoxy) is 1. The summed E-state index contributed by atoms with van der Waals surface area (Å²) in [6, 6.07) is 6.90. The molecule has 2 nitrogen and oxygen atoms in total. The van der Waals surface area contributed by atoms with Crippen molar-refractivity contribution < 1.29 is 4.74 Å². The fraction of sp³-hybridized carbons (Fsp3) is 0.667. The van der Waals surface area contributed by atoms with Gasteiger partial charge in [0.2, 0.25) is 0 Å². The molecule has 0 spiro atoms. The summed E-state index contributed by atoms with van der Waals surface area (Å²) in [5.74, 6) is 2.81. The van der Waals surface area contributed by atoms with E-state index in [0.29, 0.717) is 0 Å². The second kappa shape index (κ2) is 7.76. The van der Waals surface area contributed by atoms with Crippen LogP contribution in [-0.4, -0.2) is 31.1 Å². The summed E-state index contributed by atoms with van der Waals surface area (Å²) < 4.78 is 5.98. The van der Waals surface area contributed by atoms with Crippen molar-refractivity contribution in [2.24, 2.45) is 11.8 Å². The number of likely N-dealkylation sites (tertiary alicyclic amines) is 1. The minimum atomic E-state index is 0.289. The molecule has 2 atom stereocenters. The number of hydrogen-bond acceptors (Lipinski definition) is 2. The summed E-state index contributed by atoms with van der Waals surface area (Å²) >= 11 is 0. The fourth-order valence-electron chi connectivity index (χ4n) is 5.58. The van der Waals surface area contributed by atoms with Crippen LogP contribution in [0.3, 0.4) is 0 Å². The van der Waals surface area contributed by atoms with E-state index in [4.69, 9.17) is 4.74 Å². The summed E-state index contributed by atoms with van der Waals surface area (Å²) in [6.07, 6.45) is 12.5. The van der Waals surface area contributed by atoms with Gasteiger partial charge in [-0.3, -0.25) is 0 Å². The zero-order valence-electron chi connectivity index (χ0n) is 16.5. The van der Waals surface area contributed by atoms with Crippen molar-refractivity contribution in [2.75, 3.05) is 26.2 Å². The summed E-state index contributed by atoms with van der Waals surface area (Å²) in [6.45, 7) is 11.0. The smallest absolute Gasteiger partial charge is 0.119 e. The topological polar surface area (TPSA) is 12.5 Å². The lowest BCUT2D eigenvalue weighted by Crippen LogP contribution is -2.53. The third-order valence-corrected chi connectivity index (χ3v) is 7.24. The highest BCUT2D eigenvalue weighted by molar-refractivity contribution is 5.44. The minimum Gasteiger partial charge on any atom is -0.494 e. The zero-order chi connectivity index (χ0) is 18.0. The predicted octanol–water partition coefficient (Wildman–Crippen LogP) is 5.36. The van der Waals surface area contributed by atoms with Crippen LogP contribution in [0.5, 0.6) is 5.75 Å². The molecule has 1 heterocycles. The molecule has 0 aromatic heterocycles. The molecule has 1 saturated heterocycles. The first-order valence-electron chi connectivity index (χ1n) is 10.8. The van der Waals surface area contributed by atoms with Crippen LogP contribution < -0.4 is 4.74 Å². The maximum absolute atomic E-state index is 5.98. The molecular weight excluding hydrogens is 318 g/mol. The summed E-state index contributed by atoms with van der Waals surface area (Å²) in [7, 11) is 0. The van der Waals surface area contributed by atoms with Crippen LogP contribution >= 0.6 is 0 Å². The Bertz CT molecular complexity index is 635. The van der Waals surface area contributed by atoms with Crippen molar-refractivity contribution in [2.45, 2.75) is 63.7 Å². The van der Waals surface area contributed by atoms with Crippen LogP contribution in [0.4, 0.5) is 0 Å². The Morgan fingerprint density at radius 3 is 2.92 bits per heavy atom. The van der Waals surface area contributed by atoms with Crippen LogP contribution in [0.2, 0.25) is 0 Å². The van der Waals surface area contributed by atoms with E-state index >= 15 is 0 Å². The van der Waals surface area contributed by atoms with Crippen LogP contribution in [0.15, 0.2) is 30.9 Å². The average molecular weight is 354 g/mol. The van der Waals surface area contributed by atoms with Crippen LogP contribution in [0.1, 0.15) is 63.0 Å². The number of benzene rings is 1. The highest BCUT2D eigenvalue weighted by atomic mass is 16.5. The average Bonchev–Trinajstić information content (AvgIpc) is 2.63. The Hall–Kier alpha value is -1.28. The van der Waals surface area contributed by atoms with Crippen LogP contribution in [-0.2, 0) is 11.8 Å². The standard InChI is InChI=1S/C24H35NO/c1-3-12-24-13-14-25(17-19-6-5-7-19)18-21(24)10-8-20-9-11-22(16-23(20)24)26-15-4-2/h3,9,11,16,19,21H,1,4-8,10,12-15,17-18H2,2H3. The molecule has 142 valence electrons. The molecule has 0 bridgehead atoms. The van der Waals surface area contributed by atoms with Gasteiger partial charge >= 0.3 is 0 Å². The second-order valence-corrected chi connectivity index (χ2v) is 8.86. The molecule has 3 aliphatic rings. The first kappa shape index (κ1) is 18.1. The van der Waals surface area contributed by atoms with Crippen molar-refractivity contribution in [1.29, 1.82) is 0 Å². The van der Waals surface area contributed by atoms with Gasteiger partial charge in [-0.05, 0) is 86.6 Å². The van der Waals surface area contributed by atoms with Crippen LogP contribution in [0.25, 0.3) is 0 Å². The Morgan fingerprint density at radius 1 is 1.31 bits per heavy atom. The van der Waals surface area contributed by atoms with Crippen molar-refractivity contribution in [1.82, 2.24) is 4.90 Å².